The molecule has 2 saturated carbocycles. The van der Waals surface area contributed by atoms with E-state index in [-0.39, 0.29) is 4.90 Å². The van der Waals surface area contributed by atoms with E-state index in [1.807, 2.05) is 22.6 Å². The summed E-state index contributed by atoms with van der Waals surface area (Å²) in [5.41, 5.74) is -10.4. The van der Waals surface area contributed by atoms with Gasteiger partial charge in [-0.25, -0.2) is 9.59 Å². The van der Waals surface area contributed by atoms with Gasteiger partial charge in [-0.1, -0.05) is 20.8 Å². The molecule has 41 heavy (non-hydrogen) atoms. The van der Waals surface area contributed by atoms with Crippen LogP contribution in [0.25, 0.3) is 0 Å². The molecule has 2 aliphatic carbocycles. The average molecular weight is 706 g/mol. The molecule has 7 rings (SSSR count). The van der Waals surface area contributed by atoms with Gasteiger partial charge in [0, 0.05) is 9.49 Å². The van der Waals surface area contributed by atoms with Crippen molar-refractivity contribution in [1.82, 2.24) is 0 Å². The molecule has 6 fully saturated rings. The smallest absolute Gasteiger partial charge is 0.343 e. The third-order valence-electron chi connectivity index (χ3n) is 10.3. The van der Waals surface area contributed by atoms with E-state index >= 15 is 0 Å². The number of halogens is 1. The Balaban J connectivity index is 1.52. The molecule has 3 N–H and O–H groups in total. The van der Waals surface area contributed by atoms with Crippen LogP contribution in [0.15, 0.2) is 29.2 Å². The van der Waals surface area contributed by atoms with Crippen molar-refractivity contribution in [2.24, 2.45) is 28.1 Å². The molecule has 0 aromatic heterocycles. The summed E-state index contributed by atoms with van der Waals surface area (Å²) in [7, 11) is -4.57. The van der Waals surface area contributed by atoms with Gasteiger partial charge in [0.25, 0.3) is 10.1 Å². The molecule has 12 atom stereocenters. The highest BCUT2D eigenvalue weighted by atomic mass is 127. The van der Waals surface area contributed by atoms with E-state index in [1.165, 1.54) is 19.1 Å². The Morgan fingerprint density at radius 2 is 1.61 bits per heavy atom. The van der Waals surface area contributed by atoms with E-state index in [0.29, 0.717) is 0 Å². The van der Waals surface area contributed by atoms with E-state index in [1.54, 1.807) is 32.9 Å². The zero-order valence-electron chi connectivity index (χ0n) is 22.1. The Bertz CT molecular complexity index is 1520. The zero-order valence-corrected chi connectivity index (χ0v) is 25.1. The zero-order chi connectivity index (χ0) is 29.9. The highest BCUT2D eigenvalue weighted by Gasteiger charge is 3.05. The molecule has 0 radical (unpaired) electrons. The number of aliphatic hydroxyl groups is 3. The molecule has 13 nitrogen and oxygen atoms in total. The van der Waals surface area contributed by atoms with Gasteiger partial charge in [-0.05, 0) is 59.2 Å². The minimum atomic E-state index is -4.57. The Kier molecular flexibility index (Phi) is 5.30. The lowest BCUT2D eigenvalue weighted by atomic mass is 9.51. The fourth-order valence-electron chi connectivity index (χ4n) is 9.13. The number of fused-ring (bicyclic) bond motifs is 1. The number of carbonyl (C=O) groups is 3. The maximum Gasteiger partial charge on any atom is 0.343 e. The van der Waals surface area contributed by atoms with Crippen LogP contribution >= 0.6 is 22.6 Å². The number of carbonyl (C=O) groups excluding carboxylic acids is 3. The number of esters is 3. The van der Waals surface area contributed by atoms with Crippen molar-refractivity contribution in [3.63, 3.8) is 0 Å². The normalized spacial score (nSPS) is 49.3. The Hall–Kier alpha value is -1.89. The first-order valence-electron chi connectivity index (χ1n) is 13.0. The molecule has 4 saturated heterocycles. The third kappa shape index (κ3) is 2.64. The number of hydrogen-bond acceptors (Lipinski definition) is 13. The van der Waals surface area contributed by atoms with Crippen molar-refractivity contribution in [2.75, 3.05) is 0 Å². The summed E-state index contributed by atoms with van der Waals surface area (Å²) in [5, 5.41) is 36.0. The fraction of sp³-hybridized carbons (Fsp3) is 0.654. The van der Waals surface area contributed by atoms with Crippen molar-refractivity contribution in [2.45, 2.75) is 80.6 Å². The van der Waals surface area contributed by atoms with Gasteiger partial charge in [-0.15, -0.1) is 0 Å². The van der Waals surface area contributed by atoms with Gasteiger partial charge in [0.05, 0.1) is 21.6 Å². The number of benzene rings is 1. The molecule has 1 aromatic carbocycles. The molecule has 2 spiro atoms. The van der Waals surface area contributed by atoms with Gasteiger partial charge >= 0.3 is 17.9 Å². The summed E-state index contributed by atoms with van der Waals surface area (Å²) in [6.07, 6.45) is -10.8. The summed E-state index contributed by atoms with van der Waals surface area (Å²) >= 11 is 2.01. The fourth-order valence-corrected chi connectivity index (χ4v) is 10.6. The topological polar surface area (TPSA) is 192 Å². The molecule has 4 aliphatic heterocycles. The Morgan fingerprint density at radius 3 is 2.22 bits per heavy atom. The molecule has 222 valence electrons. The van der Waals surface area contributed by atoms with Crippen molar-refractivity contribution >= 4 is 50.6 Å². The molecule has 0 amide bonds. The van der Waals surface area contributed by atoms with Gasteiger partial charge < -0.3 is 34.3 Å². The first kappa shape index (κ1) is 27.9. The maximum atomic E-state index is 14.0. The average Bonchev–Trinajstić information content (AvgIpc) is 3.57. The number of aliphatic hydroxyl groups excluding tert-OH is 2. The SMILES string of the molecule is C[C@@H]1C(=O)OC2C(O)C34C5OC(=O)C3(OC3OC(=O)[C@H](O)C34C(C(C)(C)C)[C@H]5OS(=O)(=O)c3ccc(I)cc3)[C@]21O. The maximum absolute atomic E-state index is 14.0. The first-order chi connectivity index (χ1) is 19.0. The second kappa shape index (κ2) is 7.78. The molecular formula is C26H27IO13S. The van der Waals surface area contributed by atoms with Crippen molar-refractivity contribution in [3.8, 4) is 0 Å². The van der Waals surface area contributed by atoms with Crippen molar-refractivity contribution in [3.05, 3.63) is 27.8 Å². The molecular weight excluding hydrogens is 679 g/mol. The van der Waals surface area contributed by atoms with E-state index in [2.05, 4.69) is 0 Å². The van der Waals surface area contributed by atoms with Gasteiger partial charge in [-0.2, -0.15) is 8.42 Å². The lowest BCUT2D eigenvalue weighted by Crippen LogP contribution is -2.67. The monoisotopic (exact) mass is 706 g/mol. The van der Waals surface area contributed by atoms with Crippen molar-refractivity contribution < 1.29 is 61.3 Å². The lowest BCUT2D eigenvalue weighted by molar-refractivity contribution is -0.240. The summed E-state index contributed by atoms with van der Waals surface area (Å²) in [6, 6.07) is 5.79. The minimum Gasteiger partial charge on any atom is -0.456 e. The van der Waals surface area contributed by atoms with Gasteiger partial charge in [0.15, 0.2) is 17.8 Å². The quantitative estimate of drug-likeness (QED) is 0.160. The summed E-state index contributed by atoms with van der Waals surface area (Å²) < 4.78 is 56.8. The van der Waals surface area contributed by atoms with Crippen LogP contribution in [0.4, 0.5) is 0 Å². The molecule has 0 bridgehead atoms. The number of rotatable bonds is 3. The van der Waals surface area contributed by atoms with Gasteiger partial charge in [0.2, 0.25) is 11.9 Å². The van der Waals surface area contributed by atoms with Crippen LogP contribution in [0.5, 0.6) is 0 Å². The van der Waals surface area contributed by atoms with Crippen molar-refractivity contribution in [1.29, 1.82) is 0 Å². The van der Waals surface area contributed by atoms with Crippen LogP contribution in [0, 0.1) is 31.7 Å². The largest absolute Gasteiger partial charge is 0.456 e. The standard InChI is InChI=1S/C26H27IO13S/c1-9-18(30)36-17-14(28)24-16-12(40-41(34,35)11-7-5-10(27)6-8-11)13(22(2,3)4)23(24)15(29)19(31)38-21(23)39-26(24,20(32)37-16)25(9,17)33/h5-9,12-17,21,28-29,33H,1-4H3/t9-,12-,13?,14?,15+,16?,17?,21?,23?,24?,25-,26?/m1/s1. The highest BCUT2D eigenvalue weighted by molar-refractivity contribution is 14.1. The van der Waals surface area contributed by atoms with E-state index in [9.17, 15) is 38.1 Å². The predicted octanol–water partition coefficient (Wildman–Crippen LogP) is -0.381. The third-order valence-corrected chi connectivity index (χ3v) is 12.3. The number of hydrogen-bond donors (Lipinski definition) is 3. The van der Waals surface area contributed by atoms with E-state index in [0.717, 1.165) is 3.57 Å². The van der Waals surface area contributed by atoms with E-state index in [4.69, 9.17) is 23.1 Å². The van der Waals surface area contributed by atoms with Crippen LogP contribution in [-0.4, -0.2) is 89.7 Å². The van der Waals surface area contributed by atoms with Crippen LogP contribution in [0.1, 0.15) is 27.7 Å². The summed E-state index contributed by atoms with van der Waals surface area (Å²) in [5.74, 6) is -5.87. The van der Waals surface area contributed by atoms with Crippen LogP contribution < -0.4 is 0 Å². The molecule has 1 aromatic rings. The highest BCUT2D eigenvalue weighted by Crippen LogP contribution is 2.84. The summed E-state index contributed by atoms with van der Waals surface area (Å²) in [6.45, 7) is 6.39. The second-order valence-electron chi connectivity index (χ2n) is 12.8. The minimum absolute atomic E-state index is 0.203. The Labute approximate surface area is 247 Å². The molecule has 15 heteroatoms. The van der Waals surface area contributed by atoms with Crippen LogP contribution in [0.2, 0.25) is 0 Å². The summed E-state index contributed by atoms with van der Waals surface area (Å²) in [4.78, 5) is 39.5. The second-order valence-corrected chi connectivity index (χ2v) is 15.6. The predicted molar refractivity (Wildman–Crippen MR) is 139 cm³/mol. The molecule has 8 unspecified atom stereocenters. The van der Waals surface area contributed by atoms with E-state index < -0.39 is 104 Å². The van der Waals surface area contributed by atoms with Crippen LogP contribution in [-0.2, 0) is 47.6 Å². The van der Waals surface area contributed by atoms with Crippen LogP contribution in [0.3, 0.4) is 0 Å². The van der Waals surface area contributed by atoms with Gasteiger partial charge in [-0.3, -0.25) is 8.98 Å². The molecule has 6 aliphatic rings. The Morgan fingerprint density at radius 1 is 0.976 bits per heavy atom. The molecule has 4 heterocycles. The number of ether oxygens (including phenoxy) is 4. The lowest BCUT2D eigenvalue weighted by Gasteiger charge is -2.47. The first-order valence-corrected chi connectivity index (χ1v) is 15.5. The van der Waals surface area contributed by atoms with Gasteiger partial charge in [0.1, 0.15) is 18.3 Å².